The van der Waals surface area contributed by atoms with Gasteiger partial charge in [-0.3, -0.25) is 4.98 Å². The van der Waals surface area contributed by atoms with Crippen LogP contribution in [0.2, 0.25) is 0 Å². The van der Waals surface area contributed by atoms with Crippen molar-refractivity contribution < 1.29 is 5.11 Å². The van der Waals surface area contributed by atoms with E-state index in [0.717, 1.165) is 28.3 Å². The summed E-state index contributed by atoms with van der Waals surface area (Å²) in [5.41, 5.74) is 4.60. The van der Waals surface area contributed by atoms with E-state index in [2.05, 4.69) is 15.2 Å². The van der Waals surface area contributed by atoms with Crippen LogP contribution in [0.15, 0.2) is 83.2 Å². The van der Waals surface area contributed by atoms with Gasteiger partial charge in [-0.15, -0.1) is 0 Å². The molecule has 0 radical (unpaired) electrons. The second kappa shape index (κ2) is 8.17. The number of likely N-dealkylation sites (N-methyl/N-ethyl adjacent to an activating group) is 1. The van der Waals surface area contributed by atoms with Gasteiger partial charge in [-0.05, 0) is 48.5 Å². The van der Waals surface area contributed by atoms with E-state index in [1.165, 1.54) is 0 Å². The van der Waals surface area contributed by atoms with Crippen LogP contribution in [0.4, 0.5) is 17.1 Å². The molecule has 3 rings (SSSR count). The predicted octanol–water partition coefficient (Wildman–Crippen LogP) is 4.59. The molecule has 2 aromatic carbocycles. The fourth-order valence-electron chi connectivity index (χ4n) is 2.40. The fourth-order valence-corrected chi connectivity index (χ4v) is 2.40. The Morgan fingerprint density at radius 2 is 1.52 bits per heavy atom. The number of rotatable bonds is 6. The van der Waals surface area contributed by atoms with Gasteiger partial charge in [0.25, 0.3) is 0 Å². The number of aromatic nitrogens is 1. The van der Waals surface area contributed by atoms with Gasteiger partial charge >= 0.3 is 0 Å². The highest BCUT2D eigenvalue weighted by atomic mass is 16.3. The zero-order valence-electron chi connectivity index (χ0n) is 14.1. The van der Waals surface area contributed by atoms with Crippen molar-refractivity contribution >= 4 is 17.1 Å². The molecule has 0 aliphatic rings. The van der Waals surface area contributed by atoms with Crippen molar-refractivity contribution in [1.82, 2.24) is 4.98 Å². The monoisotopic (exact) mass is 332 g/mol. The highest BCUT2D eigenvalue weighted by Crippen LogP contribution is 2.24. The third kappa shape index (κ3) is 4.49. The smallest absolute Gasteiger partial charge is 0.0858 e. The van der Waals surface area contributed by atoms with Gasteiger partial charge in [0, 0.05) is 31.0 Å². The first-order valence-corrected chi connectivity index (χ1v) is 8.11. The predicted molar refractivity (Wildman–Crippen MR) is 101 cm³/mol. The molecule has 0 saturated heterocycles. The van der Waals surface area contributed by atoms with E-state index < -0.39 is 0 Å². The van der Waals surface area contributed by atoms with Crippen LogP contribution in [0, 0.1) is 0 Å². The zero-order valence-corrected chi connectivity index (χ0v) is 14.1. The van der Waals surface area contributed by atoms with E-state index in [1.54, 1.807) is 6.20 Å². The Labute approximate surface area is 147 Å². The van der Waals surface area contributed by atoms with Crippen LogP contribution in [-0.2, 0) is 0 Å². The first-order valence-electron chi connectivity index (χ1n) is 8.11. The molecule has 5 nitrogen and oxygen atoms in total. The van der Waals surface area contributed by atoms with Crippen LogP contribution >= 0.6 is 0 Å². The van der Waals surface area contributed by atoms with Gasteiger partial charge in [0.2, 0.25) is 0 Å². The molecule has 0 aliphatic carbocycles. The number of nitrogens with zero attached hydrogens (tertiary/aromatic N) is 4. The minimum absolute atomic E-state index is 0.131. The second-order valence-electron chi connectivity index (χ2n) is 5.62. The van der Waals surface area contributed by atoms with Crippen LogP contribution in [-0.4, -0.2) is 30.3 Å². The molecule has 1 N–H and O–H groups in total. The number of pyridine rings is 1. The summed E-state index contributed by atoms with van der Waals surface area (Å²) < 4.78 is 0. The van der Waals surface area contributed by atoms with Crippen molar-refractivity contribution in [3.8, 4) is 11.3 Å². The number of hydrogen-bond donors (Lipinski definition) is 1. The van der Waals surface area contributed by atoms with E-state index in [1.807, 2.05) is 78.7 Å². The molecule has 3 aromatic rings. The van der Waals surface area contributed by atoms with E-state index in [0.29, 0.717) is 6.54 Å². The Morgan fingerprint density at radius 3 is 2.08 bits per heavy atom. The maximum atomic E-state index is 8.98. The Morgan fingerprint density at radius 1 is 0.880 bits per heavy atom. The lowest BCUT2D eigenvalue weighted by atomic mass is 10.1. The molecule has 0 unspecified atom stereocenters. The van der Waals surface area contributed by atoms with Crippen molar-refractivity contribution in [3.63, 3.8) is 0 Å². The number of benzene rings is 2. The van der Waals surface area contributed by atoms with Crippen molar-refractivity contribution in [3.05, 3.63) is 72.9 Å². The largest absolute Gasteiger partial charge is 0.395 e. The third-order valence-corrected chi connectivity index (χ3v) is 3.83. The van der Waals surface area contributed by atoms with E-state index in [-0.39, 0.29) is 6.61 Å². The topological polar surface area (TPSA) is 61.1 Å². The summed E-state index contributed by atoms with van der Waals surface area (Å²) in [5, 5.41) is 17.5. The molecule has 1 aromatic heterocycles. The van der Waals surface area contributed by atoms with Gasteiger partial charge in [0.1, 0.15) is 0 Å². The average molecular weight is 332 g/mol. The molecule has 126 valence electrons. The molecule has 0 atom stereocenters. The molecule has 5 heteroatoms. The normalized spacial score (nSPS) is 11.0. The first kappa shape index (κ1) is 16.8. The van der Waals surface area contributed by atoms with Crippen molar-refractivity contribution in [2.75, 3.05) is 25.1 Å². The fraction of sp³-hybridized carbons (Fsp3) is 0.150. The molecular formula is C20H20N4O. The molecule has 0 bridgehead atoms. The lowest BCUT2D eigenvalue weighted by Crippen LogP contribution is -2.20. The molecule has 25 heavy (non-hydrogen) atoms. The van der Waals surface area contributed by atoms with Crippen LogP contribution in [0.25, 0.3) is 11.3 Å². The number of azo groups is 1. The molecular weight excluding hydrogens is 312 g/mol. The molecule has 1 heterocycles. The highest BCUT2D eigenvalue weighted by molar-refractivity contribution is 5.61. The maximum absolute atomic E-state index is 8.98. The van der Waals surface area contributed by atoms with E-state index >= 15 is 0 Å². The minimum Gasteiger partial charge on any atom is -0.395 e. The standard InChI is InChI=1S/C20H20N4O/c1-24(14-15-25)19-11-9-18(10-12-19)23-22-17-7-5-16(6-8-17)20-4-2-3-13-21-20/h2-13,25H,14-15H2,1H3. The van der Waals surface area contributed by atoms with Crippen LogP contribution < -0.4 is 4.90 Å². The second-order valence-corrected chi connectivity index (χ2v) is 5.62. The van der Waals surface area contributed by atoms with Crippen LogP contribution in [0.5, 0.6) is 0 Å². The van der Waals surface area contributed by atoms with E-state index in [9.17, 15) is 0 Å². The van der Waals surface area contributed by atoms with Crippen LogP contribution in [0.1, 0.15) is 0 Å². The lowest BCUT2D eigenvalue weighted by Gasteiger charge is -2.17. The lowest BCUT2D eigenvalue weighted by molar-refractivity contribution is 0.304. The molecule has 0 saturated carbocycles. The summed E-state index contributed by atoms with van der Waals surface area (Å²) in [5.74, 6) is 0. The SMILES string of the molecule is CN(CCO)c1ccc(N=Nc2ccc(-c3ccccn3)cc2)cc1. The van der Waals surface area contributed by atoms with Crippen molar-refractivity contribution in [2.24, 2.45) is 10.2 Å². The van der Waals surface area contributed by atoms with Crippen molar-refractivity contribution in [2.45, 2.75) is 0 Å². The van der Waals surface area contributed by atoms with Gasteiger partial charge in [0.15, 0.2) is 0 Å². The maximum Gasteiger partial charge on any atom is 0.0858 e. The van der Waals surface area contributed by atoms with Gasteiger partial charge in [-0.2, -0.15) is 10.2 Å². The highest BCUT2D eigenvalue weighted by Gasteiger charge is 2.00. The summed E-state index contributed by atoms with van der Waals surface area (Å²) in [6, 6.07) is 21.4. The van der Waals surface area contributed by atoms with Gasteiger partial charge in [-0.25, -0.2) is 0 Å². The molecule has 0 aliphatic heterocycles. The van der Waals surface area contributed by atoms with Gasteiger partial charge in [0.05, 0.1) is 23.7 Å². The number of aliphatic hydroxyl groups is 1. The van der Waals surface area contributed by atoms with E-state index in [4.69, 9.17) is 5.11 Å². The van der Waals surface area contributed by atoms with Crippen molar-refractivity contribution in [1.29, 1.82) is 0 Å². The van der Waals surface area contributed by atoms with Gasteiger partial charge in [-0.1, -0.05) is 18.2 Å². The average Bonchev–Trinajstić information content (AvgIpc) is 2.68. The molecule has 0 spiro atoms. The summed E-state index contributed by atoms with van der Waals surface area (Å²) in [7, 11) is 1.94. The summed E-state index contributed by atoms with van der Waals surface area (Å²) >= 11 is 0. The number of aliphatic hydroxyl groups excluding tert-OH is 1. The summed E-state index contributed by atoms with van der Waals surface area (Å²) in [6.45, 7) is 0.732. The summed E-state index contributed by atoms with van der Waals surface area (Å²) in [6.07, 6.45) is 1.78. The number of anilines is 1. The third-order valence-electron chi connectivity index (χ3n) is 3.83. The Bertz CT molecular complexity index is 815. The molecule has 0 fully saturated rings. The Hall–Kier alpha value is -3.05. The Kier molecular flexibility index (Phi) is 5.49. The molecule has 0 amide bonds. The van der Waals surface area contributed by atoms with Gasteiger partial charge < -0.3 is 10.0 Å². The Balaban J connectivity index is 1.67. The van der Waals surface area contributed by atoms with Crippen LogP contribution in [0.3, 0.4) is 0 Å². The first-order chi connectivity index (χ1) is 12.3. The quantitative estimate of drug-likeness (QED) is 0.671. The summed E-state index contributed by atoms with van der Waals surface area (Å²) in [4.78, 5) is 6.32. The minimum atomic E-state index is 0.131. The number of hydrogen-bond acceptors (Lipinski definition) is 5. The zero-order chi connectivity index (χ0) is 17.5.